The Morgan fingerprint density at radius 1 is 1.55 bits per heavy atom. The number of alkyl halides is 1. The van der Waals surface area contributed by atoms with E-state index in [0.717, 1.165) is 10.9 Å². The first-order chi connectivity index (χ1) is 13.2. The molecule has 4 N–H and O–H groups in total. The number of nitrogens with one attached hydrogen (secondary N) is 2. The van der Waals surface area contributed by atoms with Gasteiger partial charge in [-0.3, -0.25) is 24.5 Å². The van der Waals surface area contributed by atoms with Crippen molar-refractivity contribution in [2.45, 2.75) is 45.9 Å². The van der Waals surface area contributed by atoms with Crippen molar-refractivity contribution in [3.8, 4) is 0 Å². The fourth-order valence-electron chi connectivity index (χ4n) is 2.75. The SMILES string of the molecule is C.CC(C)C(=O)Nc1nc2ncn([C@@H]3O[C@H](CO)[C@@H](F)[C@H]3O[P+](=O)O)c2c(=O)[nH]1. The zero-order chi connectivity index (χ0) is 20.6. The molecule has 0 radical (unpaired) electrons. The highest BCUT2D eigenvalue weighted by atomic mass is 31.1. The minimum Gasteiger partial charge on any atom is -0.394 e. The van der Waals surface area contributed by atoms with Gasteiger partial charge in [0.25, 0.3) is 5.56 Å². The Morgan fingerprint density at radius 2 is 2.24 bits per heavy atom. The van der Waals surface area contributed by atoms with E-state index in [-0.39, 0.29) is 36.4 Å². The van der Waals surface area contributed by atoms with Crippen LogP contribution in [-0.2, 0) is 18.6 Å². The molecule has 3 rings (SSSR count). The predicted octanol–water partition coefficient (Wildman–Crippen LogP) is 0.613. The molecule has 0 aliphatic carbocycles. The van der Waals surface area contributed by atoms with Crippen molar-refractivity contribution in [2.75, 3.05) is 11.9 Å². The molecule has 0 saturated carbocycles. The van der Waals surface area contributed by atoms with E-state index < -0.39 is 45.0 Å². The molecule has 2 aromatic rings. The highest BCUT2D eigenvalue weighted by Crippen LogP contribution is 2.38. The van der Waals surface area contributed by atoms with Crippen molar-refractivity contribution in [2.24, 2.45) is 5.92 Å². The number of amides is 1. The van der Waals surface area contributed by atoms with Crippen LogP contribution < -0.4 is 10.9 Å². The van der Waals surface area contributed by atoms with E-state index in [1.807, 2.05) is 0 Å². The maximum atomic E-state index is 14.4. The monoisotopic (exact) mass is 434 g/mol. The second-order valence-electron chi connectivity index (χ2n) is 6.38. The quantitative estimate of drug-likeness (QED) is 0.476. The van der Waals surface area contributed by atoms with Crippen LogP contribution in [0.15, 0.2) is 11.1 Å². The molecule has 0 aromatic carbocycles. The molecule has 29 heavy (non-hydrogen) atoms. The minimum absolute atomic E-state index is 0. The topological polar surface area (TPSA) is 169 Å². The van der Waals surface area contributed by atoms with Crippen LogP contribution in [0.25, 0.3) is 11.2 Å². The van der Waals surface area contributed by atoms with Crippen molar-refractivity contribution < 1.29 is 33.0 Å². The number of fused-ring (bicyclic) bond motifs is 1. The third-order valence-electron chi connectivity index (χ3n) is 4.14. The number of anilines is 1. The second kappa shape index (κ2) is 9.01. The van der Waals surface area contributed by atoms with Gasteiger partial charge in [0.05, 0.1) is 6.61 Å². The van der Waals surface area contributed by atoms with Crippen LogP contribution in [-0.4, -0.2) is 60.4 Å². The first-order valence-electron chi connectivity index (χ1n) is 8.24. The van der Waals surface area contributed by atoms with Crippen LogP contribution in [0.4, 0.5) is 10.3 Å². The fourth-order valence-corrected chi connectivity index (χ4v) is 3.18. The molecule has 1 aliphatic heterocycles. The summed E-state index contributed by atoms with van der Waals surface area (Å²) in [6.45, 7) is 2.62. The smallest absolute Gasteiger partial charge is 0.394 e. The van der Waals surface area contributed by atoms with Gasteiger partial charge in [0.15, 0.2) is 29.7 Å². The highest BCUT2D eigenvalue weighted by molar-refractivity contribution is 7.32. The molecule has 2 aromatic heterocycles. The van der Waals surface area contributed by atoms with E-state index in [1.165, 1.54) is 0 Å². The summed E-state index contributed by atoms with van der Waals surface area (Å²) in [6.07, 6.45) is -5.03. The number of halogens is 1. The molecule has 12 nitrogen and oxygen atoms in total. The molecule has 160 valence electrons. The number of hydrogen-bond acceptors (Lipinski definition) is 8. The lowest BCUT2D eigenvalue weighted by Crippen LogP contribution is -2.31. The summed E-state index contributed by atoms with van der Waals surface area (Å²) >= 11 is 0. The molecule has 3 heterocycles. The van der Waals surface area contributed by atoms with Gasteiger partial charge < -0.3 is 9.84 Å². The van der Waals surface area contributed by atoms with Crippen molar-refractivity contribution in [1.29, 1.82) is 0 Å². The molecule has 1 aliphatic rings. The number of imidazole rings is 1. The molecule has 1 saturated heterocycles. The number of aliphatic hydroxyl groups excluding tert-OH is 1. The zero-order valence-electron chi connectivity index (χ0n) is 14.8. The Morgan fingerprint density at radius 3 is 2.83 bits per heavy atom. The van der Waals surface area contributed by atoms with Crippen LogP contribution in [0.1, 0.15) is 27.5 Å². The number of aromatic nitrogens is 4. The molecule has 5 atom stereocenters. The fraction of sp³-hybridized carbons (Fsp3) is 0.600. The lowest BCUT2D eigenvalue weighted by Gasteiger charge is -2.16. The van der Waals surface area contributed by atoms with Crippen molar-refractivity contribution in [3.63, 3.8) is 0 Å². The van der Waals surface area contributed by atoms with Crippen molar-refractivity contribution >= 4 is 31.3 Å². The molecular formula is C15H22FN5O7P+. The third-order valence-corrected chi connectivity index (χ3v) is 4.56. The number of H-pyrrole nitrogens is 1. The number of nitrogens with zero attached hydrogens (tertiary/aromatic N) is 3. The maximum absolute atomic E-state index is 14.4. The van der Waals surface area contributed by atoms with E-state index in [0.29, 0.717) is 0 Å². The molecule has 0 bridgehead atoms. The minimum atomic E-state index is -3.17. The summed E-state index contributed by atoms with van der Waals surface area (Å²) in [6, 6.07) is 0. The van der Waals surface area contributed by atoms with Crippen LogP contribution in [0.2, 0.25) is 0 Å². The molecule has 0 spiro atoms. The van der Waals surface area contributed by atoms with Gasteiger partial charge in [-0.2, -0.15) is 4.98 Å². The first kappa shape index (κ1) is 23.0. The maximum Gasteiger partial charge on any atom is 0.695 e. The summed E-state index contributed by atoms with van der Waals surface area (Å²) in [5.74, 6) is -0.829. The zero-order valence-corrected chi connectivity index (χ0v) is 15.7. The second-order valence-corrected chi connectivity index (χ2v) is 7.07. The standard InChI is InChI=1S/C14H17FN5O7P.CH4/c1-5(2)11(22)18-14-17-10-8(12(23)19-14)20(4-16-10)13-9(27-28(24)25)7(15)6(3-21)26-13;/h4-7,9,13,21H,3H2,1-2H3,(H2-,17,18,19,22,23,24,25);1H4/p+1/t6-,7-,9-,13-;/m1./s1. The summed E-state index contributed by atoms with van der Waals surface area (Å²) in [4.78, 5) is 43.6. The predicted molar refractivity (Wildman–Crippen MR) is 98.9 cm³/mol. The van der Waals surface area contributed by atoms with Gasteiger partial charge in [0, 0.05) is 10.5 Å². The van der Waals surface area contributed by atoms with E-state index in [9.17, 15) is 23.7 Å². The Labute approximate surface area is 165 Å². The number of aliphatic hydroxyl groups is 1. The van der Waals surface area contributed by atoms with E-state index in [2.05, 4.69) is 20.3 Å². The largest absolute Gasteiger partial charge is 0.695 e. The number of carbonyl (C=O) groups is 1. The number of rotatable bonds is 6. The number of aromatic amines is 1. The normalized spacial score (nSPS) is 24.6. The van der Waals surface area contributed by atoms with Crippen LogP contribution >= 0.6 is 8.25 Å². The average molecular weight is 434 g/mol. The summed E-state index contributed by atoms with van der Waals surface area (Å²) in [5.41, 5.74) is -0.901. The van der Waals surface area contributed by atoms with Gasteiger partial charge in [-0.25, -0.2) is 9.37 Å². The van der Waals surface area contributed by atoms with Gasteiger partial charge in [0.2, 0.25) is 11.9 Å². The summed E-state index contributed by atoms with van der Waals surface area (Å²) < 4.78 is 36.6. The Hall–Kier alpha value is -2.31. The van der Waals surface area contributed by atoms with E-state index in [4.69, 9.17) is 14.2 Å². The molecule has 1 fully saturated rings. The van der Waals surface area contributed by atoms with Crippen LogP contribution in [0, 0.1) is 5.92 Å². The lowest BCUT2D eigenvalue weighted by atomic mass is 10.1. The van der Waals surface area contributed by atoms with Crippen molar-refractivity contribution in [3.05, 3.63) is 16.7 Å². The highest BCUT2D eigenvalue weighted by Gasteiger charge is 2.51. The number of ether oxygens (including phenoxy) is 1. The third kappa shape index (κ3) is 4.49. The van der Waals surface area contributed by atoms with Gasteiger partial charge in [-0.05, 0) is 0 Å². The van der Waals surface area contributed by atoms with E-state index >= 15 is 0 Å². The Bertz CT molecular complexity index is 964. The van der Waals surface area contributed by atoms with Crippen molar-refractivity contribution in [1.82, 2.24) is 19.5 Å². The molecule has 1 unspecified atom stereocenters. The lowest BCUT2D eigenvalue weighted by molar-refractivity contribution is -0.118. The first-order valence-corrected chi connectivity index (χ1v) is 9.37. The number of hydrogen-bond donors (Lipinski definition) is 4. The molecule has 1 amide bonds. The van der Waals surface area contributed by atoms with Gasteiger partial charge in [-0.1, -0.05) is 21.3 Å². The molecule has 14 heteroatoms. The summed E-state index contributed by atoms with van der Waals surface area (Å²) in [5, 5.41) is 11.7. The van der Waals surface area contributed by atoms with E-state index in [1.54, 1.807) is 13.8 Å². The molecular weight excluding hydrogens is 412 g/mol. The van der Waals surface area contributed by atoms with Gasteiger partial charge >= 0.3 is 8.25 Å². The van der Waals surface area contributed by atoms with Gasteiger partial charge in [0.1, 0.15) is 12.4 Å². The van der Waals surface area contributed by atoms with Crippen LogP contribution in [0.3, 0.4) is 0 Å². The summed E-state index contributed by atoms with van der Waals surface area (Å²) in [7, 11) is -3.17. The van der Waals surface area contributed by atoms with Gasteiger partial charge in [-0.15, -0.1) is 9.42 Å². The average Bonchev–Trinajstić information content (AvgIpc) is 3.16. The van der Waals surface area contributed by atoms with Crippen LogP contribution in [0.5, 0.6) is 0 Å². The Balaban J connectivity index is 0.00000300. The Kier molecular flexibility index (Phi) is 7.14. The number of carbonyl (C=O) groups excluding carboxylic acids is 1.